The Balaban J connectivity index is 1.23. The zero-order valence-electron chi connectivity index (χ0n) is 20.0. The summed E-state index contributed by atoms with van der Waals surface area (Å²) in [5, 5.41) is 3.01. The average Bonchev–Trinajstić information content (AvgIpc) is 2.90. The number of piperidine rings is 2. The SMILES string of the molecule is NC(=O)C1CCN(c2ccc(NC(=O)C3CCCN(C(=O)CCOc4ccccc4)C3)cc2)CC1. The van der Waals surface area contributed by atoms with Gasteiger partial charge in [-0.2, -0.15) is 0 Å². The first-order valence-corrected chi connectivity index (χ1v) is 12.4. The molecule has 2 aliphatic rings. The van der Waals surface area contributed by atoms with Gasteiger partial charge in [0.1, 0.15) is 5.75 Å². The molecule has 0 aliphatic carbocycles. The van der Waals surface area contributed by atoms with Crippen molar-refractivity contribution >= 4 is 29.1 Å². The summed E-state index contributed by atoms with van der Waals surface area (Å²) in [6.07, 6.45) is 3.40. The molecule has 2 fully saturated rings. The fraction of sp³-hybridized carbons (Fsp3) is 0.444. The van der Waals surface area contributed by atoms with E-state index in [2.05, 4.69) is 10.2 Å². The Kier molecular flexibility index (Phi) is 8.23. The molecular weight excluding hydrogens is 444 g/mol. The maximum Gasteiger partial charge on any atom is 0.229 e. The number of hydrogen-bond acceptors (Lipinski definition) is 5. The van der Waals surface area contributed by atoms with Crippen LogP contribution >= 0.6 is 0 Å². The van der Waals surface area contributed by atoms with Gasteiger partial charge in [0.25, 0.3) is 0 Å². The minimum atomic E-state index is -0.227. The van der Waals surface area contributed by atoms with Gasteiger partial charge in [-0.25, -0.2) is 0 Å². The Morgan fingerprint density at radius 2 is 1.63 bits per heavy atom. The number of rotatable bonds is 8. The highest BCUT2D eigenvalue weighted by molar-refractivity contribution is 5.93. The lowest BCUT2D eigenvalue weighted by Gasteiger charge is -2.33. The summed E-state index contributed by atoms with van der Waals surface area (Å²) in [6.45, 7) is 3.02. The molecule has 8 heteroatoms. The molecule has 0 bridgehead atoms. The maximum atomic E-state index is 12.9. The second kappa shape index (κ2) is 11.7. The van der Waals surface area contributed by atoms with Crippen molar-refractivity contribution in [2.75, 3.05) is 43.0 Å². The number of primary amides is 1. The quantitative estimate of drug-likeness (QED) is 0.607. The van der Waals surface area contributed by atoms with Crippen molar-refractivity contribution in [3.05, 3.63) is 54.6 Å². The molecule has 0 aromatic heterocycles. The minimum Gasteiger partial charge on any atom is -0.493 e. The summed E-state index contributed by atoms with van der Waals surface area (Å²) < 4.78 is 5.64. The predicted octanol–water partition coefficient (Wildman–Crippen LogP) is 3.03. The highest BCUT2D eigenvalue weighted by Gasteiger charge is 2.28. The largest absolute Gasteiger partial charge is 0.493 e. The summed E-state index contributed by atoms with van der Waals surface area (Å²) >= 11 is 0. The summed E-state index contributed by atoms with van der Waals surface area (Å²) in [7, 11) is 0. The molecule has 2 aromatic rings. The van der Waals surface area contributed by atoms with Gasteiger partial charge in [0.2, 0.25) is 17.7 Å². The summed E-state index contributed by atoms with van der Waals surface area (Å²) in [5.41, 5.74) is 7.23. The van der Waals surface area contributed by atoms with Crippen molar-refractivity contribution in [1.29, 1.82) is 0 Å². The van der Waals surface area contributed by atoms with Gasteiger partial charge in [0, 0.05) is 43.5 Å². The van der Waals surface area contributed by atoms with Crippen molar-refractivity contribution in [2.45, 2.75) is 32.1 Å². The van der Waals surface area contributed by atoms with E-state index in [0.29, 0.717) is 26.1 Å². The lowest BCUT2D eigenvalue weighted by molar-refractivity contribution is -0.135. The van der Waals surface area contributed by atoms with Gasteiger partial charge in [-0.15, -0.1) is 0 Å². The predicted molar refractivity (Wildman–Crippen MR) is 135 cm³/mol. The number of hydrogen-bond donors (Lipinski definition) is 2. The van der Waals surface area contributed by atoms with Crippen LogP contribution in [0.5, 0.6) is 5.75 Å². The standard InChI is InChI=1S/C27H34N4O4/c28-26(33)20-12-16-30(17-13-20)23-10-8-22(9-11-23)29-27(34)21-5-4-15-31(19-21)25(32)14-18-35-24-6-2-1-3-7-24/h1-3,6-11,20-21H,4-5,12-19H2,(H2,28,33)(H,29,34). The lowest BCUT2D eigenvalue weighted by atomic mass is 9.96. The summed E-state index contributed by atoms with van der Waals surface area (Å²) in [5.74, 6) is 0.225. The lowest BCUT2D eigenvalue weighted by Crippen LogP contribution is -2.44. The van der Waals surface area contributed by atoms with Gasteiger partial charge in [-0.1, -0.05) is 18.2 Å². The number of benzene rings is 2. The molecule has 0 spiro atoms. The fourth-order valence-corrected chi connectivity index (χ4v) is 4.77. The molecule has 2 aliphatic heterocycles. The number of carbonyl (C=O) groups is 3. The van der Waals surface area contributed by atoms with E-state index in [1.165, 1.54) is 0 Å². The second-order valence-electron chi connectivity index (χ2n) is 9.29. The molecule has 2 aromatic carbocycles. The Morgan fingerprint density at radius 3 is 2.31 bits per heavy atom. The van der Waals surface area contributed by atoms with Gasteiger partial charge in [-0.3, -0.25) is 14.4 Å². The normalized spacial score (nSPS) is 18.7. The van der Waals surface area contributed by atoms with Crippen LogP contribution in [0.4, 0.5) is 11.4 Å². The molecule has 0 radical (unpaired) electrons. The molecule has 35 heavy (non-hydrogen) atoms. The number of ether oxygens (including phenoxy) is 1. The average molecular weight is 479 g/mol. The number of para-hydroxylation sites is 1. The van der Waals surface area contributed by atoms with Crippen LogP contribution in [-0.4, -0.2) is 55.4 Å². The van der Waals surface area contributed by atoms with Crippen LogP contribution in [0.3, 0.4) is 0 Å². The summed E-state index contributed by atoms with van der Waals surface area (Å²) in [4.78, 5) is 40.9. The van der Waals surface area contributed by atoms with Crippen LogP contribution in [0.1, 0.15) is 32.1 Å². The number of nitrogens with zero attached hydrogens (tertiary/aromatic N) is 2. The zero-order valence-corrected chi connectivity index (χ0v) is 20.0. The molecule has 0 saturated carbocycles. The molecule has 4 rings (SSSR count). The van der Waals surface area contributed by atoms with Crippen molar-refractivity contribution in [2.24, 2.45) is 17.6 Å². The monoisotopic (exact) mass is 478 g/mol. The number of nitrogens with one attached hydrogen (secondary N) is 1. The topological polar surface area (TPSA) is 105 Å². The first kappa shape index (κ1) is 24.6. The number of amides is 3. The smallest absolute Gasteiger partial charge is 0.229 e. The fourth-order valence-electron chi connectivity index (χ4n) is 4.77. The maximum absolute atomic E-state index is 12.9. The van der Waals surface area contributed by atoms with E-state index in [-0.39, 0.29) is 29.6 Å². The molecule has 1 atom stereocenters. The third-order valence-corrected chi connectivity index (χ3v) is 6.87. The minimum absolute atomic E-state index is 0.0166. The second-order valence-corrected chi connectivity index (χ2v) is 9.29. The third kappa shape index (κ3) is 6.74. The molecule has 2 saturated heterocycles. The van der Waals surface area contributed by atoms with Crippen LogP contribution in [0.25, 0.3) is 0 Å². The highest BCUT2D eigenvalue weighted by Crippen LogP contribution is 2.25. The number of nitrogens with two attached hydrogens (primary N) is 1. The van der Waals surface area contributed by atoms with E-state index in [9.17, 15) is 14.4 Å². The van der Waals surface area contributed by atoms with Crippen LogP contribution < -0.4 is 20.7 Å². The third-order valence-electron chi connectivity index (χ3n) is 6.87. The van der Waals surface area contributed by atoms with Crippen LogP contribution in [0, 0.1) is 11.8 Å². The highest BCUT2D eigenvalue weighted by atomic mass is 16.5. The van der Waals surface area contributed by atoms with Crippen LogP contribution in [-0.2, 0) is 14.4 Å². The molecule has 2 heterocycles. The van der Waals surface area contributed by atoms with Crippen LogP contribution in [0.2, 0.25) is 0 Å². The molecule has 8 nitrogen and oxygen atoms in total. The van der Waals surface area contributed by atoms with E-state index in [0.717, 1.165) is 55.9 Å². The van der Waals surface area contributed by atoms with Gasteiger partial charge < -0.3 is 25.6 Å². The Hall–Kier alpha value is -3.55. The Labute approximate surface area is 206 Å². The Morgan fingerprint density at radius 1 is 0.914 bits per heavy atom. The van der Waals surface area contributed by atoms with E-state index >= 15 is 0 Å². The molecule has 186 valence electrons. The van der Waals surface area contributed by atoms with E-state index in [4.69, 9.17) is 10.5 Å². The molecular formula is C27H34N4O4. The van der Waals surface area contributed by atoms with E-state index in [1.54, 1.807) is 4.90 Å². The molecule has 3 amide bonds. The van der Waals surface area contributed by atoms with Gasteiger partial charge in [0.05, 0.1) is 18.9 Å². The van der Waals surface area contributed by atoms with Gasteiger partial charge in [0.15, 0.2) is 0 Å². The van der Waals surface area contributed by atoms with Crippen molar-refractivity contribution in [3.8, 4) is 5.75 Å². The number of likely N-dealkylation sites (tertiary alicyclic amines) is 1. The first-order valence-electron chi connectivity index (χ1n) is 12.4. The zero-order chi connectivity index (χ0) is 24.6. The number of anilines is 2. The molecule has 1 unspecified atom stereocenters. The van der Waals surface area contributed by atoms with Crippen LogP contribution in [0.15, 0.2) is 54.6 Å². The van der Waals surface area contributed by atoms with Crippen molar-refractivity contribution < 1.29 is 19.1 Å². The van der Waals surface area contributed by atoms with Gasteiger partial charge in [-0.05, 0) is 62.1 Å². The Bertz CT molecular complexity index is 1000. The van der Waals surface area contributed by atoms with E-state index in [1.807, 2.05) is 54.6 Å². The summed E-state index contributed by atoms with van der Waals surface area (Å²) in [6, 6.07) is 17.2. The number of carbonyl (C=O) groups excluding carboxylic acids is 3. The first-order chi connectivity index (χ1) is 17.0. The molecule has 3 N–H and O–H groups in total. The van der Waals surface area contributed by atoms with E-state index < -0.39 is 0 Å². The van der Waals surface area contributed by atoms with Crippen molar-refractivity contribution in [1.82, 2.24) is 4.90 Å². The van der Waals surface area contributed by atoms with Gasteiger partial charge >= 0.3 is 0 Å². The van der Waals surface area contributed by atoms with Crippen molar-refractivity contribution in [3.63, 3.8) is 0 Å².